The van der Waals surface area contributed by atoms with Crippen LogP contribution >= 0.6 is 22.9 Å². The minimum absolute atomic E-state index is 0.152. The number of hydrogen-bond donors (Lipinski definition) is 1. The number of anilines is 1. The van der Waals surface area contributed by atoms with Gasteiger partial charge in [-0.05, 0) is 49.4 Å². The molecule has 0 aliphatic rings. The quantitative estimate of drug-likeness (QED) is 0.455. The molecule has 0 spiro atoms. The number of halogens is 1. The summed E-state index contributed by atoms with van der Waals surface area (Å²) < 4.78 is 3.92. The van der Waals surface area contributed by atoms with E-state index in [0.717, 1.165) is 41.0 Å². The average molecular weight is 428 g/mol. The van der Waals surface area contributed by atoms with Gasteiger partial charge in [0.1, 0.15) is 0 Å². The zero-order valence-electron chi connectivity index (χ0n) is 16.6. The minimum Gasteiger partial charge on any atom is -0.310 e. The molecule has 150 valence electrons. The molecule has 0 saturated carbocycles. The first-order chi connectivity index (χ1) is 14.0. The fourth-order valence-electron chi connectivity index (χ4n) is 3.36. The Labute approximate surface area is 178 Å². The normalized spacial score (nSPS) is 11.3. The monoisotopic (exact) mass is 427 g/mol. The van der Waals surface area contributed by atoms with Crippen LogP contribution in [0.2, 0.25) is 5.02 Å². The van der Waals surface area contributed by atoms with Crippen LogP contribution in [-0.4, -0.2) is 25.2 Å². The van der Waals surface area contributed by atoms with Crippen LogP contribution in [0.4, 0.5) is 5.95 Å². The second-order valence-electron chi connectivity index (χ2n) is 6.99. The molecule has 0 unspecified atom stereocenters. The van der Waals surface area contributed by atoms with Gasteiger partial charge in [-0.25, -0.2) is 4.98 Å². The van der Waals surface area contributed by atoms with Gasteiger partial charge in [0.05, 0.1) is 38.9 Å². The van der Waals surface area contributed by atoms with Gasteiger partial charge in [-0.2, -0.15) is 5.10 Å². The van der Waals surface area contributed by atoms with E-state index in [0.29, 0.717) is 22.4 Å². The summed E-state index contributed by atoms with van der Waals surface area (Å²) in [5.74, 6) is 0.429. The molecule has 1 aromatic carbocycles. The summed E-state index contributed by atoms with van der Waals surface area (Å²) in [5.41, 5.74) is 4.66. The van der Waals surface area contributed by atoms with E-state index in [1.165, 1.54) is 11.3 Å². The Bertz CT molecular complexity index is 1190. The molecule has 0 bridgehead atoms. The van der Waals surface area contributed by atoms with E-state index in [9.17, 15) is 4.79 Å². The number of aromatic nitrogens is 4. The maximum atomic E-state index is 12.8. The number of aryl methyl sites for hydroxylation is 2. The third-order valence-electron chi connectivity index (χ3n) is 4.83. The van der Waals surface area contributed by atoms with Crippen LogP contribution in [0.5, 0.6) is 0 Å². The average Bonchev–Trinajstić information content (AvgIpc) is 3.37. The van der Waals surface area contributed by atoms with E-state index in [4.69, 9.17) is 11.6 Å². The summed E-state index contributed by atoms with van der Waals surface area (Å²) in [5, 5.41) is 10.1. The van der Waals surface area contributed by atoms with Crippen LogP contribution in [0.15, 0.2) is 35.7 Å². The number of fused-ring (bicyclic) bond motifs is 1. The number of amides is 1. The predicted octanol–water partition coefficient (Wildman–Crippen LogP) is 5.28. The zero-order chi connectivity index (χ0) is 20.5. The number of rotatable bonds is 6. The van der Waals surface area contributed by atoms with E-state index in [2.05, 4.69) is 26.9 Å². The third-order valence-corrected chi connectivity index (χ3v) is 6.35. The van der Waals surface area contributed by atoms with Crippen molar-refractivity contribution in [2.75, 3.05) is 5.32 Å². The van der Waals surface area contributed by atoms with Crippen molar-refractivity contribution in [2.45, 2.75) is 40.3 Å². The maximum absolute atomic E-state index is 12.8. The largest absolute Gasteiger partial charge is 0.310 e. The molecule has 1 N–H and O–H groups in total. The Morgan fingerprint density at radius 2 is 2.07 bits per heavy atom. The first-order valence-corrected chi connectivity index (χ1v) is 10.8. The highest BCUT2D eigenvalue weighted by Gasteiger charge is 2.16. The predicted molar refractivity (Wildman–Crippen MR) is 118 cm³/mol. The molecule has 0 saturated heterocycles. The van der Waals surface area contributed by atoms with Crippen molar-refractivity contribution in [3.63, 3.8) is 0 Å². The van der Waals surface area contributed by atoms with Crippen LogP contribution in [0.25, 0.3) is 11.0 Å². The summed E-state index contributed by atoms with van der Waals surface area (Å²) in [7, 11) is 0. The molecule has 6 nitrogen and oxygen atoms in total. The topological polar surface area (TPSA) is 64.7 Å². The molecule has 0 aliphatic carbocycles. The van der Waals surface area contributed by atoms with E-state index >= 15 is 0 Å². The van der Waals surface area contributed by atoms with Crippen LogP contribution in [0, 0.1) is 13.8 Å². The van der Waals surface area contributed by atoms with E-state index in [1.54, 1.807) is 0 Å². The van der Waals surface area contributed by atoms with Gasteiger partial charge >= 0.3 is 0 Å². The lowest BCUT2D eigenvalue weighted by Crippen LogP contribution is -2.15. The van der Waals surface area contributed by atoms with Gasteiger partial charge in [-0.1, -0.05) is 30.7 Å². The summed E-state index contributed by atoms with van der Waals surface area (Å²) >= 11 is 7.65. The maximum Gasteiger partial charge on any atom is 0.268 e. The lowest BCUT2D eigenvalue weighted by atomic mass is 10.3. The number of carbonyl (C=O) groups excluding carboxylic acids is 1. The second kappa shape index (κ2) is 8.00. The fourth-order valence-corrected chi connectivity index (χ4v) is 4.30. The Kier molecular flexibility index (Phi) is 5.43. The van der Waals surface area contributed by atoms with Crippen molar-refractivity contribution in [2.24, 2.45) is 0 Å². The molecule has 8 heteroatoms. The summed E-state index contributed by atoms with van der Waals surface area (Å²) in [6, 6.07) is 9.82. The Morgan fingerprint density at radius 3 is 2.79 bits per heavy atom. The van der Waals surface area contributed by atoms with Gasteiger partial charge < -0.3 is 4.57 Å². The van der Waals surface area contributed by atoms with Gasteiger partial charge in [0.25, 0.3) is 5.91 Å². The lowest BCUT2D eigenvalue weighted by molar-refractivity contribution is 0.102. The lowest BCUT2D eigenvalue weighted by Gasteiger charge is -2.08. The molecule has 0 atom stereocenters. The Balaban J connectivity index is 1.55. The first-order valence-electron chi connectivity index (χ1n) is 9.51. The standard InChI is InChI=1S/C21H22ClN5OS/c1-4-9-26-17-8-6-5-7-16(17)23-21(26)24-20(28)18-10-15(12-29-18)11-27-14(3)19(22)13(2)25-27/h5-8,10,12H,4,9,11H2,1-3H3,(H,23,24,28). The van der Waals surface area contributed by atoms with E-state index in [1.807, 2.05) is 54.2 Å². The van der Waals surface area contributed by atoms with Crippen molar-refractivity contribution in [1.29, 1.82) is 0 Å². The molecule has 3 heterocycles. The van der Waals surface area contributed by atoms with Crippen LogP contribution < -0.4 is 5.32 Å². The summed E-state index contributed by atoms with van der Waals surface area (Å²) in [4.78, 5) is 18.1. The number of benzene rings is 1. The van der Waals surface area contributed by atoms with E-state index < -0.39 is 0 Å². The molecule has 3 aromatic heterocycles. The number of nitrogens with zero attached hydrogens (tertiary/aromatic N) is 4. The first kappa shape index (κ1) is 19.7. The number of nitrogens with one attached hydrogen (secondary N) is 1. The molecule has 29 heavy (non-hydrogen) atoms. The Hall–Kier alpha value is -2.64. The highest BCUT2D eigenvalue weighted by atomic mass is 35.5. The molecule has 4 rings (SSSR count). The molecule has 4 aromatic rings. The highest BCUT2D eigenvalue weighted by Crippen LogP contribution is 2.24. The number of para-hydroxylation sites is 2. The van der Waals surface area contributed by atoms with Gasteiger partial charge in [-0.15, -0.1) is 11.3 Å². The second-order valence-corrected chi connectivity index (χ2v) is 8.28. The van der Waals surface area contributed by atoms with Crippen LogP contribution in [0.3, 0.4) is 0 Å². The van der Waals surface area contributed by atoms with Gasteiger partial charge in [0.15, 0.2) is 0 Å². The molecule has 1 amide bonds. The van der Waals surface area contributed by atoms with Gasteiger partial charge in [0.2, 0.25) is 5.95 Å². The number of thiophene rings is 1. The Morgan fingerprint density at radius 1 is 1.28 bits per heavy atom. The highest BCUT2D eigenvalue weighted by molar-refractivity contribution is 7.12. The molecular formula is C21H22ClN5OS. The van der Waals surface area contributed by atoms with Crippen molar-refractivity contribution >= 4 is 45.8 Å². The van der Waals surface area contributed by atoms with Crippen LogP contribution in [-0.2, 0) is 13.1 Å². The van der Waals surface area contributed by atoms with Crippen molar-refractivity contribution in [3.05, 3.63) is 62.6 Å². The minimum atomic E-state index is -0.152. The SMILES string of the molecule is CCCn1c(NC(=O)c2cc(Cn3nc(C)c(Cl)c3C)cs2)nc2ccccc21. The molecule has 0 radical (unpaired) electrons. The number of imidazole rings is 1. The van der Waals surface area contributed by atoms with Crippen molar-refractivity contribution in [3.8, 4) is 0 Å². The van der Waals surface area contributed by atoms with E-state index in [-0.39, 0.29) is 5.91 Å². The third kappa shape index (κ3) is 3.80. The summed E-state index contributed by atoms with van der Waals surface area (Å²) in [6.45, 7) is 7.32. The zero-order valence-corrected chi connectivity index (χ0v) is 18.1. The summed E-state index contributed by atoms with van der Waals surface area (Å²) in [6.07, 6.45) is 0.956. The van der Waals surface area contributed by atoms with Gasteiger partial charge in [0, 0.05) is 6.54 Å². The number of carbonyl (C=O) groups is 1. The molecule has 0 aliphatic heterocycles. The van der Waals surface area contributed by atoms with Crippen LogP contribution in [0.1, 0.15) is 40.0 Å². The smallest absolute Gasteiger partial charge is 0.268 e. The number of hydrogen-bond acceptors (Lipinski definition) is 4. The molecule has 0 fully saturated rings. The van der Waals surface area contributed by atoms with Gasteiger partial charge in [-0.3, -0.25) is 14.8 Å². The fraction of sp³-hybridized carbons (Fsp3) is 0.286. The molecular weight excluding hydrogens is 406 g/mol. The van der Waals surface area contributed by atoms with Crippen molar-refractivity contribution < 1.29 is 4.79 Å². The van der Waals surface area contributed by atoms with Crippen molar-refractivity contribution in [1.82, 2.24) is 19.3 Å².